The van der Waals surface area contributed by atoms with Gasteiger partial charge in [-0.15, -0.1) is 24.8 Å². The van der Waals surface area contributed by atoms with Crippen LogP contribution >= 0.6 is 24.8 Å². The average Bonchev–Trinajstić information content (AvgIpc) is 2.78. The molecule has 0 bridgehead atoms. The molecule has 3 N–H and O–H groups in total. The summed E-state index contributed by atoms with van der Waals surface area (Å²) in [7, 11) is 0. The summed E-state index contributed by atoms with van der Waals surface area (Å²) in [5.74, 6) is 1.90. The van der Waals surface area contributed by atoms with Gasteiger partial charge in [-0.2, -0.15) is 0 Å². The number of benzene rings is 1. The highest BCUT2D eigenvalue weighted by Gasteiger charge is 2.26. The van der Waals surface area contributed by atoms with Gasteiger partial charge in [-0.1, -0.05) is 13.0 Å². The molecule has 1 aromatic carbocycles. The van der Waals surface area contributed by atoms with E-state index in [4.69, 9.17) is 19.9 Å². The van der Waals surface area contributed by atoms with Gasteiger partial charge in [0.25, 0.3) is 0 Å². The molecule has 1 aromatic heterocycles. The van der Waals surface area contributed by atoms with E-state index in [9.17, 15) is 4.79 Å². The van der Waals surface area contributed by atoms with Crippen molar-refractivity contribution in [2.75, 3.05) is 19.8 Å². The largest absolute Gasteiger partial charge is 0.494 e. The van der Waals surface area contributed by atoms with Gasteiger partial charge in [0.15, 0.2) is 0 Å². The van der Waals surface area contributed by atoms with E-state index in [0.29, 0.717) is 38.0 Å². The third kappa shape index (κ3) is 8.18. The summed E-state index contributed by atoms with van der Waals surface area (Å²) in [4.78, 5) is 16.8. The molecule has 7 nitrogen and oxygen atoms in total. The molecular formula is C22H31Cl2N3O4. The lowest BCUT2D eigenvalue weighted by Crippen LogP contribution is -2.46. The number of carbonyl (C=O) groups is 1. The number of hydrogen-bond acceptors (Lipinski definition) is 6. The molecule has 0 radical (unpaired) electrons. The quantitative estimate of drug-likeness (QED) is 0.575. The number of ether oxygens (including phenoxy) is 3. The first-order chi connectivity index (χ1) is 14.2. The zero-order chi connectivity index (χ0) is 20.5. The van der Waals surface area contributed by atoms with Crippen molar-refractivity contribution in [1.82, 2.24) is 10.3 Å². The normalized spacial score (nSPS) is 14.5. The van der Waals surface area contributed by atoms with E-state index < -0.39 is 6.04 Å². The number of carbonyl (C=O) groups excluding carboxylic acids is 1. The Balaban J connectivity index is 0.00000240. The Labute approximate surface area is 195 Å². The Morgan fingerprint density at radius 2 is 1.87 bits per heavy atom. The van der Waals surface area contributed by atoms with Crippen LogP contribution in [0.4, 0.5) is 0 Å². The molecule has 1 aliphatic heterocycles. The zero-order valence-corrected chi connectivity index (χ0v) is 19.3. The highest BCUT2D eigenvalue weighted by Crippen LogP contribution is 2.25. The predicted molar refractivity (Wildman–Crippen MR) is 124 cm³/mol. The monoisotopic (exact) mass is 471 g/mol. The molecule has 0 spiro atoms. The summed E-state index contributed by atoms with van der Waals surface area (Å²) in [5, 5.41) is 2.91. The minimum atomic E-state index is -0.532. The molecule has 9 heteroatoms. The van der Waals surface area contributed by atoms with Crippen molar-refractivity contribution in [3.63, 3.8) is 0 Å². The van der Waals surface area contributed by atoms with Crippen molar-refractivity contribution >= 4 is 30.7 Å². The predicted octanol–water partition coefficient (Wildman–Crippen LogP) is 3.88. The van der Waals surface area contributed by atoms with Gasteiger partial charge in [-0.05, 0) is 55.5 Å². The van der Waals surface area contributed by atoms with E-state index in [-0.39, 0.29) is 36.6 Å². The van der Waals surface area contributed by atoms with Crippen LogP contribution in [0.2, 0.25) is 0 Å². The number of rotatable bonds is 9. The van der Waals surface area contributed by atoms with Crippen molar-refractivity contribution in [1.29, 1.82) is 0 Å². The molecule has 0 aliphatic carbocycles. The first-order valence-electron chi connectivity index (χ1n) is 10.1. The van der Waals surface area contributed by atoms with Gasteiger partial charge in [0.2, 0.25) is 11.8 Å². The van der Waals surface area contributed by atoms with Crippen molar-refractivity contribution < 1.29 is 19.0 Å². The molecule has 31 heavy (non-hydrogen) atoms. The van der Waals surface area contributed by atoms with Crippen LogP contribution in [0.15, 0.2) is 42.6 Å². The highest BCUT2D eigenvalue weighted by atomic mass is 35.5. The summed E-state index contributed by atoms with van der Waals surface area (Å²) in [5.41, 5.74) is 6.92. The number of hydrogen-bond donors (Lipinski definition) is 2. The van der Waals surface area contributed by atoms with Crippen LogP contribution in [-0.4, -0.2) is 36.8 Å². The molecule has 1 atom stereocenters. The summed E-state index contributed by atoms with van der Waals surface area (Å²) in [6.07, 6.45) is 4.24. The number of amides is 1. The number of pyridine rings is 1. The third-order valence-corrected chi connectivity index (χ3v) is 4.89. The summed E-state index contributed by atoms with van der Waals surface area (Å²) < 4.78 is 16.8. The van der Waals surface area contributed by atoms with Crippen LogP contribution in [0.25, 0.3) is 0 Å². The van der Waals surface area contributed by atoms with Crippen LogP contribution in [0.3, 0.4) is 0 Å². The molecule has 172 valence electrons. The molecule has 0 saturated carbocycles. The minimum absolute atomic E-state index is 0. The second-order valence-electron chi connectivity index (χ2n) is 7.08. The van der Waals surface area contributed by atoms with Gasteiger partial charge >= 0.3 is 0 Å². The molecule has 2 heterocycles. The zero-order valence-electron chi connectivity index (χ0n) is 17.6. The van der Waals surface area contributed by atoms with Gasteiger partial charge < -0.3 is 25.3 Å². The molecule has 1 unspecified atom stereocenters. The lowest BCUT2D eigenvalue weighted by molar-refractivity contribution is -0.124. The summed E-state index contributed by atoms with van der Waals surface area (Å²) in [6, 6.07) is 10.6. The third-order valence-electron chi connectivity index (χ3n) is 4.89. The van der Waals surface area contributed by atoms with E-state index >= 15 is 0 Å². The molecule has 1 saturated heterocycles. The first-order valence-corrected chi connectivity index (χ1v) is 10.1. The SMILES string of the molecule is CCCOc1ccc(Oc2ncccc2CNC(=O)C(N)C2CCOCC2)cc1.Cl.Cl. The topological polar surface area (TPSA) is 95.7 Å². The van der Waals surface area contributed by atoms with E-state index in [2.05, 4.69) is 17.2 Å². The van der Waals surface area contributed by atoms with E-state index in [1.807, 2.05) is 36.4 Å². The van der Waals surface area contributed by atoms with Crippen LogP contribution in [0.5, 0.6) is 17.4 Å². The Morgan fingerprint density at radius 3 is 2.55 bits per heavy atom. The van der Waals surface area contributed by atoms with Gasteiger partial charge in [-0.3, -0.25) is 4.79 Å². The van der Waals surface area contributed by atoms with Crippen molar-refractivity contribution in [3.8, 4) is 17.4 Å². The fourth-order valence-electron chi connectivity index (χ4n) is 3.18. The Kier molecular flexibility index (Phi) is 12.3. The molecule has 2 aromatic rings. The van der Waals surface area contributed by atoms with Gasteiger partial charge in [-0.25, -0.2) is 4.98 Å². The van der Waals surface area contributed by atoms with Gasteiger partial charge in [0, 0.05) is 31.5 Å². The second kappa shape index (κ2) is 14.1. The summed E-state index contributed by atoms with van der Waals surface area (Å²) >= 11 is 0. The first kappa shape index (κ1) is 27.0. The molecule has 1 fully saturated rings. The standard InChI is InChI=1S/C22H29N3O4.2ClH/c1-2-12-28-18-5-7-19(8-6-18)29-22-17(4-3-11-24-22)15-25-21(26)20(23)16-9-13-27-14-10-16;;/h3-8,11,16,20H,2,9-10,12-15,23H2,1H3,(H,25,26);2*1H. The fourth-order valence-corrected chi connectivity index (χ4v) is 3.18. The average molecular weight is 472 g/mol. The van der Waals surface area contributed by atoms with Crippen LogP contribution in [-0.2, 0) is 16.1 Å². The van der Waals surface area contributed by atoms with Crippen molar-refractivity contribution in [2.45, 2.75) is 38.8 Å². The van der Waals surface area contributed by atoms with Gasteiger partial charge in [0.1, 0.15) is 11.5 Å². The minimum Gasteiger partial charge on any atom is -0.494 e. The molecule has 3 rings (SSSR count). The van der Waals surface area contributed by atoms with Crippen LogP contribution in [0, 0.1) is 5.92 Å². The number of halogens is 2. The maximum atomic E-state index is 12.5. The fraction of sp³-hybridized carbons (Fsp3) is 0.455. The highest BCUT2D eigenvalue weighted by molar-refractivity contribution is 5.85. The maximum absolute atomic E-state index is 12.5. The Morgan fingerprint density at radius 1 is 1.19 bits per heavy atom. The van der Waals surface area contributed by atoms with E-state index in [1.54, 1.807) is 6.20 Å². The number of nitrogens with zero attached hydrogens (tertiary/aromatic N) is 1. The van der Waals surface area contributed by atoms with Crippen molar-refractivity contribution in [3.05, 3.63) is 48.2 Å². The Hall–Kier alpha value is -2.06. The van der Waals surface area contributed by atoms with Crippen molar-refractivity contribution in [2.24, 2.45) is 11.7 Å². The smallest absolute Gasteiger partial charge is 0.237 e. The second-order valence-corrected chi connectivity index (χ2v) is 7.08. The van der Waals surface area contributed by atoms with E-state index in [1.165, 1.54) is 0 Å². The molecule has 1 amide bonds. The molecular weight excluding hydrogens is 441 g/mol. The summed E-state index contributed by atoms with van der Waals surface area (Å²) in [6.45, 7) is 4.37. The number of nitrogens with one attached hydrogen (secondary N) is 1. The number of aromatic nitrogens is 1. The van der Waals surface area contributed by atoms with Crippen LogP contribution in [0.1, 0.15) is 31.7 Å². The number of nitrogens with two attached hydrogens (primary N) is 1. The Bertz CT molecular complexity index is 787. The maximum Gasteiger partial charge on any atom is 0.237 e. The molecule has 1 aliphatic rings. The van der Waals surface area contributed by atoms with E-state index in [0.717, 1.165) is 30.6 Å². The lowest BCUT2D eigenvalue weighted by atomic mass is 9.92. The lowest BCUT2D eigenvalue weighted by Gasteiger charge is -2.26. The van der Waals surface area contributed by atoms with Gasteiger partial charge in [0.05, 0.1) is 12.6 Å². The van der Waals surface area contributed by atoms with Crippen LogP contribution < -0.4 is 20.5 Å².